The van der Waals surface area contributed by atoms with Crippen molar-refractivity contribution in [1.29, 1.82) is 0 Å². The summed E-state index contributed by atoms with van der Waals surface area (Å²) in [7, 11) is 0. The second-order valence-corrected chi connectivity index (χ2v) is 6.54. The number of amides is 1. The first-order valence-corrected chi connectivity index (χ1v) is 8.36. The maximum Gasteiger partial charge on any atom is 0.224 e. The van der Waals surface area contributed by atoms with E-state index in [2.05, 4.69) is 27.5 Å². The van der Waals surface area contributed by atoms with Crippen molar-refractivity contribution in [2.45, 2.75) is 45.6 Å². The molecule has 0 aliphatic carbocycles. The van der Waals surface area contributed by atoms with E-state index in [-0.39, 0.29) is 17.0 Å². The van der Waals surface area contributed by atoms with E-state index in [1.807, 2.05) is 6.92 Å². The van der Waals surface area contributed by atoms with Gasteiger partial charge in [-0.25, -0.2) is 14.4 Å². The Morgan fingerprint density at radius 3 is 2.79 bits per heavy atom. The highest BCUT2D eigenvalue weighted by atomic mass is 35.5. The second-order valence-electron chi connectivity index (χ2n) is 6.20. The molecule has 1 aromatic carbocycles. The summed E-state index contributed by atoms with van der Waals surface area (Å²) >= 11 is 5.98. The third-order valence-corrected chi connectivity index (χ3v) is 4.03. The topological polar surface area (TPSA) is 66.9 Å². The Balaban J connectivity index is 2.37. The van der Waals surface area contributed by atoms with E-state index in [0.717, 1.165) is 19.3 Å². The molecule has 24 heavy (non-hydrogen) atoms. The zero-order valence-corrected chi connectivity index (χ0v) is 14.9. The van der Waals surface area contributed by atoms with Crippen molar-refractivity contribution >= 4 is 34.2 Å². The average Bonchev–Trinajstić information content (AvgIpc) is 2.50. The minimum absolute atomic E-state index is 0.0490. The number of nitrogens with one attached hydrogen (secondary N) is 2. The molecule has 1 amide bonds. The van der Waals surface area contributed by atoms with Gasteiger partial charge in [0.1, 0.15) is 11.6 Å². The number of hydrogen-bond acceptors (Lipinski definition) is 4. The van der Waals surface area contributed by atoms with E-state index >= 15 is 0 Å². The number of unbranched alkanes of at least 4 members (excludes halogenated alkanes) is 1. The maximum atomic E-state index is 13.4. The van der Waals surface area contributed by atoms with Gasteiger partial charge >= 0.3 is 0 Å². The molecule has 0 saturated heterocycles. The first-order valence-electron chi connectivity index (χ1n) is 7.98. The molecule has 2 rings (SSSR count). The number of anilines is 1. The van der Waals surface area contributed by atoms with Gasteiger partial charge in [0.15, 0.2) is 0 Å². The van der Waals surface area contributed by atoms with Gasteiger partial charge < -0.3 is 10.6 Å². The molecule has 130 valence electrons. The minimum atomic E-state index is -0.402. The predicted molar refractivity (Wildman–Crippen MR) is 94.7 cm³/mol. The quantitative estimate of drug-likeness (QED) is 0.741. The van der Waals surface area contributed by atoms with Crippen molar-refractivity contribution in [1.82, 2.24) is 15.3 Å². The summed E-state index contributed by atoms with van der Waals surface area (Å²) in [6.07, 6.45) is 2.87. The summed E-state index contributed by atoms with van der Waals surface area (Å²) in [5, 5.41) is 6.96. The summed E-state index contributed by atoms with van der Waals surface area (Å²) < 4.78 is 13.4. The van der Waals surface area contributed by atoms with Crippen LogP contribution in [-0.2, 0) is 4.79 Å². The van der Waals surface area contributed by atoms with Gasteiger partial charge in [0.2, 0.25) is 11.2 Å². The lowest BCUT2D eigenvalue weighted by molar-refractivity contribution is -0.119. The van der Waals surface area contributed by atoms with E-state index in [0.29, 0.717) is 23.3 Å². The number of fused-ring (bicyclic) bond motifs is 1. The molecule has 0 saturated carbocycles. The molecule has 2 aromatic rings. The Morgan fingerprint density at radius 1 is 1.38 bits per heavy atom. The van der Waals surface area contributed by atoms with Crippen molar-refractivity contribution in [2.24, 2.45) is 0 Å². The number of carbonyl (C=O) groups excluding carboxylic acids is 1. The first kappa shape index (κ1) is 18.4. The lowest BCUT2D eigenvalue weighted by Gasteiger charge is -2.32. The van der Waals surface area contributed by atoms with Crippen molar-refractivity contribution in [3.63, 3.8) is 0 Å². The number of halogens is 2. The van der Waals surface area contributed by atoms with E-state index in [1.165, 1.54) is 19.1 Å². The maximum absolute atomic E-state index is 13.4. The van der Waals surface area contributed by atoms with Crippen LogP contribution in [0.5, 0.6) is 0 Å². The van der Waals surface area contributed by atoms with Gasteiger partial charge in [-0.05, 0) is 37.1 Å². The predicted octanol–water partition coefficient (Wildman–Crippen LogP) is 3.92. The fourth-order valence-corrected chi connectivity index (χ4v) is 2.71. The molecule has 0 radical (unpaired) electrons. The van der Waals surface area contributed by atoms with Crippen LogP contribution in [0.25, 0.3) is 10.9 Å². The van der Waals surface area contributed by atoms with E-state index < -0.39 is 5.54 Å². The number of carbonyl (C=O) groups is 1. The average molecular weight is 353 g/mol. The summed E-state index contributed by atoms with van der Waals surface area (Å²) in [6, 6.07) is 4.31. The molecule has 1 aromatic heterocycles. The van der Waals surface area contributed by atoms with Crippen LogP contribution in [-0.4, -0.2) is 28.0 Å². The summed E-state index contributed by atoms with van der Waals surface area (Å²) in [5.41, 5.74) is 0.0376. The SMILES string of the molecule is CCCC[C@](C)(CNC(C)=O)Nc1nc(Cl)nc2cc(F)ccc12. The van der Waals surface area contributed by atoms with E-state index in [4.69, 9.17) is 11.6 Å². The fraction of sp³-hybridized carbons (Fsp3) is 0.471. The van der Waals surface area contributed by atoms with Gasteiger partial charge in [-0.2, -0.15) is 0 Å². The van der Waals surface area contributed by atoms with Crippen LogP contribution in [0, 0.1) is 5.82 Å². The molecular formula is C17H22ClFN4O. The first-order chi connectivity index (χ1) is 11.3. The molecule has 0 bridgehead atoms. The van der Waals surface area contributed by atoms with Crippen molar-refractivity contribution in [2.75, 3.05) is 11.9 Å². The minimum Gasteiger partial charge on any atom is -0.362 e. The fourth-order valence-electron chi connectivity index (χ4n) is 2.54. The van der Waals surface area contributed by atoms with Crippen LogP contribution < -0.4 is 10.6 Å². The van der Waals surface area contributed by atoms with E-state index in [9.17, 15) is 9.18 Å². The highest BCUT2D eigenvalue weighted by molar-refractivity contribution is 6.28. The molecule has 1 atom stereocenters. The third kappa shape index (κ3) is 4.77. The zero-order valence-electron chi connectivity index (χ0n) is 14.1. The summed E-state index contributed by atoms with van der Waals surface area (Å²) in [5.74, 6) is 0.0661. The molecule has 0 aliphatic heterocycles. The molecular weight excluding hydrogens is 331 g/mol. The third-order valence-electron chi connectivity index (χ3n) is 3.86. The number of benzene rings is 1. The monoisotopic (exact) mass is 352 g/mol. The van der Waals surface area contributed by atoms with Gasteiger partial charge in [0.25, 0.3) is 0 Å². The van der Waals surface area contributed by atoms with Crippen LogP contribution in [0.1, 0.15) is 40.0 Å². The largest absolute Gasteiger partial charge is 0.362 e. The van der Waals surface area contributed by atoms with Gasteiger partial charge in [-0.1, -0.05) is 19.8 Å². The lowest BCUT2D eigenvalue weighted by Crippen LogP contribution is -2.46. The van der Waals surface area contributed by atoms with Crippen LogP contribution >= 0.6 is 11.6 Å². The van der Waals surface area contributed by atoms with E-state index in [1.54, 1.807) is 6.07 Å². The van der Waals surface area contributed by atoms with Gasteiger partial charge in [0.05, 0.1) is 11.1 Å². The summed E-state index contributed by atoms with van der Waals surface area (Å²) in [4.78, 5) is 19.6. The van der Waals surface area contributed by atoms with Crippen molar-refractivity contribution in [3.05, 3.63) is 29.3 Å². The smallest absolute Gasteiger partial charge is 0.224 e. The molecule has 7 heteroatoms. The van der Waals surface area contributed by atoms with Gasteiger partial charge in [-0.15, -0.1) is 0 Å². The van der Waals surface area contributed by atoms with Crippen LogP contribution in [0.15, 0.2) is 18.2 Å². The molecule has 0 fully saturated rings. The summed E-state index contributed by atoms with van der Waals surface area (Å²) in [6.45, 7) is 6.06. The second kappa shape index (κ2) is 7.75. The Labute approximate surface area is 146 Å². The van der Waals surface area contributed by atoms with Gasteiger partial charge in [-0.3, -0.25) is 4.79 Å². The number of rotatable bonds is 7. The van der Waals surface area contributed by atoms with Crippen molar-refractivity contribution < 1.29 is 9.18 Å². The highest BCUT2D eigenvalue weighted by Gasteiger charge is 2.25. The zero-order chi connectivity index (χ0) is 17.7. The number of hydrogen-bond donors (Lipinski definition) is 2. The molecule has 0 aliphatic rings. The molecule has 1 heterocycles. The van der Waals surface area contributed by atoms with Crippen molar-refractivity contribution in [3.8, 4) is 0 Å². The number of nitrogens with zero attached hydrogens (tertiary/aromatic N) is 2. The lowest BCUT2D eigenvalue weighted by atomic mass is 9.94. The molecule has 2 N–H and O–H groups in total. The molecule has 0 unspecified atom stereocenters. The Kier molecular flexibility index (Phi) is 5.94. The molecule has 0 spiro atoms. The Morgan fingerprint density at radius 2 is 2.12 bits per heavy atom. The standard InChI is InChI=1S/C17H22ClFN4O/c1-4-5-8-17(3,10-20-11(2)24)23-15-13-7-6-12(19)9-14(13)21-16(18)22-15/h6-7,9H,4-5,8,10H2,1-3H3,(H,20,24)(H,21,22,23)/t17-/m1/s1. The normalized spacial score (nSPS) is 13.5. The Bertz CT molecular complexity index is 735. The van der Waals surface area contributed by atoms with Crippen LogP contribution in [0.4, 0.5) is 10.2 Å². The number of aromatic nitrogens is 2. The molecule has 5 nitrogen and oxygen atoms in total. The Hall–Kier alpha value is -1.95. The van der Waals surface area contributed by atoms with Gasteiger partial charge in [0, 0.05) is 24.9 Å². The van der Waals surface area contributed by atoms with Crippen LogP contribution in [0.2, 0.25) is 5.28 Å². The van der Waals surface area contributed by atoms with Crippen LogP contribution in [0.3, 0.4) is 0 Å². The highest BCUT2D eigenvalue weighted by Crippen LogP contribution is 2.27.